The molecule has 132 valence electrons. The van der Waals surface area contributed by atoms with Gasteiger partial charge in [-0.1, -0.05) is 48.5 Å². The number of aromatic nitrogens is 1. The van der Waals surface area contributed by atoms with Gasteiger partial charge in [0.15, 0.2) is 0 Å². The summed E-state index contributed by atoms with van der Waals surface area (Å²) in [7, 11) is 0. The van der Waals surface area contributed by atoms with Gasteiger partial charge in [-0.2, -0.15) is 0 Å². The molecule has 1 unspecified atom stereocenters. The number of ether oxygens (including phenoxy) is 1. The topological polar surface area (TPSA) is 51.2 Å². The van der Waals surface area contributed by atoms with Gasteiger partial charge in [-0.25, -0.2) is 0 Å². The van der Waals surface area contributed by atoms with Crippen molar-refractivity contribution in [2.75, 3.05) is 6.54 Å². The van der Waals surface area contributed by atoms with E-state index in [1.807, 2.05) is 54.6 Å². The number of rotatable bonds is 3. The van der Waals surface area contributed by atoms with Gasteiger partial charge in [0.25, 0.3) is 5.91 Å². The molecule has 0 fully saturated rings. The number of hydrogen-bond acceptors (Lipinski definition) is 3. The zero-order valence-corrected chi connectivity index (χ0v) is 14.7. The first-order valence-corrected chi connectivity index (χ1v) is 9.09. The molecule has 0 radical (unpaired) electrons. The fraction of sp³-hybridized carbons (Fsp3) is 0.130. The molecule has 1 aliphatic rings. The maximum Gasteiger partial charge on any atom is 0.253 e. The molecule has 1 atom stereocenters. The van der Waals surface area contributed by atoms with Crippen molar-refractivity contribution >= 4 is 27.6 Å². The normalized spacial score (nSPS) is 15.5. The van der Waals surface area contributed by atoms with Gasteiger partial charge in [0.2, 0.25) is 0 Å². The predicted molar refractivity (Wildman–Crippen MR) is 106 cm³/mol. The Hall–Kier alpha value is -3.40. The summed E-state index contributed by atoms with van der Waals surface area (Å²) in [6.45, 7) is 0.467. The molecule has 0 bridgehead atoms. The molecule has 0 spiro atoms. The fourth-order valence-corrected chi connectivity index (χ4v) is 3.77. The van der Waals surface area contributed by atoms with E-state index >= 15 is 0 Å². The van der Waals surface area contributed by atoms with Crippen LogP contribution in [0.15, 0.2) is 72.9 Å². The monoisotopic (exact) mass is 354 g/mol. The Morgan fingerprint density at radius 3 is 2.78 bits per heavy atom. The number of benzene rings is 3. The Balaban J connectivity index is 1.42. The van der Waals surface area contributed by atoms with E-state index in [0.717, 1.165) is 33.8 Å². The van der Waals surface area contributed by atoms with Crippen LogP contribution in [0.4, 0.5) is 0 Å². The molecular formula is C23H18N2O2. The van der Waals surface area contributed by atoms with Gasteiger partial charge in [0.1, 0.15) is 11.9 Å². The van der Waals surface area contributed by atoms with Crippen LogP contribution >= 0.6 is 0 Å². The van der Waals surface area contributed by atoms with Gasteiger partial charge >= 0.3 is 0 Å². The number of fused-ring (bicyclic) bond motifs is 4. The lowest BCUT2D eigenvalue weighted by Crippen LogP contribution is -2.34. The van der Waals surface area contributed by atoms with Crippen LogP contribution in [0.1, 0.15) is 15.9 Å². The second-order valence-electron chi connectivity index (χ2n) is 6.81. The van der Waals surface area contributed by atoms with Gasteiger partial charge in [-0.15, -0.1) is 0 Å². The third-order valence-electron chi connectivity index (χ3n) is 5.06. The average molecular weight is 354 g/mol. The van der Waals surface area contributed by atoms with E-state index in [-0.39, 0.29) is 12.0 Å². The highest BCUT2D eigenvalue weighted by Gasteiger charge is 2.23. The van der Waals surface area contributed by atoms with Crippen LogP contribution in [0.2, 0.25) is 0 Å². The molecule has 3 aromatic carbocycles. The highest BCUT2D eigenvalue weighted by Crippen LogP contribution is 2.29. The van der Waals surface area contributed by atoms with Gasteiger partial charge in [0.05, 0.1) is 17.6 Å². The molecule has 2 heterocycles. The number of carbonyl (C=O) groups excluding carboxylic acids is 1. The van der Waals surface area contributed by atoms with Crippen LogP contribution < -0.4 is 10.1 Å². The fourth-order valence-electron chi connectivity index (χ4n) is 3.77. The summed E-state index contributed by atoms with van der Waals surface area (Å²) in [4.78, 5) is 17.4. The quantitative estimate of drug-likeness (QED) is 0.563. The lowest BCUT2D eigenvalue weighted by molar-refractivity contribution is 0.0935. The summed E-state index contributed by atoms with van der Waals surface area (Å²) < 4.78 is 5.92. The second-order valence-corrected chi connectivity index (χ2v) is 6.81. The number of hydrogen-bond donors (Lipinski definition) is 1. The number of carbonyl (C=O) groups is 1. The van der Waals surface area contributed by atoms with Gasteiger partial charge < -0.3 is 10.1 Å². The van der Waals surface area contributed by atoms with Crippen LogP contribution in [0.5, 0.6) is 5.75 Å². The highest BCUT2D eigenvalue weighted by atomic mass is 16.5. The first kappa shape index (κ1) is 15.8. The summed E-state index contributed by atoms with van der Waals surface area (Å²) >= 11 is 0. The summed E-state index contributed by atoms with van der Waals surface area (Å²) in [5, 5.41) is 6.16. The first-order valence-electron chi connectivity index (χ1n) is 9.09. The summed E-state index contributed by atoms with van der Waals surface area (Å²) in [5.41, 5.74) is 2.51. The van der Waals surface area contributed by atoms with E-state index in [0.29, 0.717) is 12.1 Å². The number of para-hydroxylation sites is 1. The SMILES string of the molecule is O=C(NCC1Cc2ccccc2O1)c1cc2ccccc2c2cccnc12. The van der Waals surface area contributed by atoms with E-state index in [2.05, 4.69) is 22.4 Å². The Bertz CT molecular complexity index is 1140. The molecule has 0 aliphatic carbocycles. The van der Waals surface area contributed by atoms with E-state index in [1.165, 1.54) is 5.56 Å². The van der Waals surface area contributed by atoms with Gasteiger partial charge in [0, 0.05) is 18.0 Å². The standard InChI is InChI=1S/C23H18N2O2/c26-23(25-14-17-12-16-7-2-4-10-21(16)27-17)20-13-15-6-1-3-8-18(15)19-9-5-11-24-22(19)20/h1-11,13,17H,12,14H2,(H,25,26). The van der Waals surface area contributed by atoms with Crippen LogP contribution in [-0.2, 0) is 6.42 Å². The minimum atomic E-state index is -0.121. The minimum Gasteiger partial charge on any atom is -0.488 e. The zero-order chi connectivity index (χ0) is 18.2. The lowest BCUT2D eigenvalue weighted by atomic mass is 10.0. The molecule has 1 amide bonds. The largest absolute Gasteiger partial charge is 0.488 e. The third kappa shape index (κ3) is 2.79. The molecule has 4 aromatic rings. The van der Waals surface area contributed by atoms with Crippen LogP contribution in [-0.4, -0.2) is 23.5 Å². The van der Waals surface area contributed by atoms with Crippen molar-refractivity contribution in [3.05, 3.63) is 84.1 Å². The van der Waals surface area contributed by atoms with E-state index < -0.39 is 0 Å². The summed E-state index contributed by atoms with van der Waals surface area (Å²) in [6.07, 6.45) is 2.50. The van der Waals surface area contributed by atoms with Crippen molar-refractivity contribution in [1.82, 2.24) is 10.3 Å². The number of pyridine rings is 1. The van der Waals surface area contributed by atoms with Crippen molar-refractivity contribution in [1.29, 1.82) is 0 Å². The smallest absolute Gasteiger partial charge is 0.253 e. The van der Waals surface area contributed by atoms with Crippen molar-refractivity contribution in [3.8, 4) is 5.75 Å². The van der Waals surface area contributed by atoms with Crippen molar-refractivity contribution < 1.29 is 9.53 Å². The Labute approximate surface area is 156 Å². The van der Waals surface area contributed by atoms with Crippen LogP contribution in [0.25, 0.3) is 21.7 Å². The van der Waals surface area contributed by atoms with Gasteiger partial charge in [-0.3, -0.25) is 9.78 Å². The molecule has 5 rings (SSSR count). The molecule has 0 saturated heterocycles. The molecule has 4 nitrogen and oxygen atoms in total. The first-order chi connectivity index (χ1) is 13.3. The van der Waals surface area contributed by atoms with E-state index in [1.54, 1.807) is 6.20 Å². The van der Waals surface area contributed by atoms with Crippen LogP contribution in [0, 0.1) is 0 Å². The zero-order valence-electron chi connectivity index (χ0n) is 14.7. The number of nitrogens with one attached hydrogen (secondary N) is 1. The van der Waals surface area contributed by atoms with Crippen molar-refractivity contribution in [2.45, 2.75) is 12.5 Å². The average Bonchev–Trinajstić information content (AvgIpc) is 3.14. The maximum atomic E-state index is 12.9. The molecule has 4 heteroatoms. The minimum absolute atomic E-state index is 0.0361. The molecule has 0 saturated carbocycles. The van der Waals surface area contributed by atoms with Crippen molar-refractivity contribution in [2.24, 2.45) is 0 Å². The summed E-state index contributed by atoms with van der Waals surface area (Å²) in [5.74, 6) is 0.790. The highest BCUT2D eigenvalue weighted by molar-refractivity contribution is 6.15. The summed E-state index contributed by atoms with van der Waals surface area (Å²) in [6, 6.07) is 21.9. The number of amides is 1. The van der Waals surface area contributed by atoms with Gasteiger partial charge in [-0.05, 0) is 34.5 Å². The molecule has 1 aromatic heterocycles. The molecular weight excluding hydrogens is 336 g/mol. The number of nitrogens with zero attached hydrogens (tertiary/aromatic N) is 1. The Morgan fingerprint density at radius 1 is 1.04 bits per heavy atom. The van der Waals surface area contributed by atoms with Crippen molar-refractivity contribution in [3.63, 3.8) is 0 Å². The third-order valence-corrected chi connectivity index (χ3v) is 5.06. The predicted octanol–water partition coefficient (Wildman–Crippen LogP) is 4.12. The van der Waals surface area contributed by atoms with Crippen LogP contribution in [0.3, 0.4) is 0 Å². The molecule has 1 N–H and O–H groups in total. The van der Waals surface area contributed by atoms with E-state index in [9.17, 15) is 4.79 Å². The molecule has 27 heavy (non-hydrogen) atoms. The Morgan fingerprint density at radius 2 is 1.85 bits per heavy atom. The molecule has 1 aliphatic heterocycles. The second kappa shape index (κ2) is 6.40. The van der Waals surface area contributed by atoms with E-state index in [4.69, 9.17) is 4.74 Å². The Kier molecular flexibility index (Phi) is 3.75. The lowest BCUT2D eigenvalue weighted by Gasteiger charge is -2.13. The maximum absolute atomic E-state index is 12.9.